The molecule has 1 aromatic carbocycles. The van der Waals surface area contributed by atoms with Gasteiger partial charge in [0.05, 0.1) is 6.54 Å². The Labute approximate surface area is 148 Å². The summed E-state index contributed by atoms with van der Waals surface area (Å²) in [5, 5.41) is 2.46. The molecular formula is C17H18F3N5O. The molecule has 9 heteroatoms. The van der Waals surface area contributed by atoms with E-state index in [1.165, 1.54) is 0 Å². The van der Waals surface area contributed by atoms with Crippen molar-refractivity contribution in [3.8, 4) is 5.75 Å². The van der Waals surface area contributed by atoms with Gasteiger partial charge in [0.25, 0.3) is 0 Å². The number of aromatic nitrogens is 1. The zero-order valence-corrected chi connectivity index (χ0v) is 13.7. The highest BCUT2D eigenvalue weighted by atomic mass is 19.4. The van der Waals surface area contributed by atoms with E-state index >= 15 is 0 Å². The van der Waals surface area contributed by atoms with Crippen molar-refractivity contribution in [1.29, 1.82) is 0 Å². The average Bonchev–Trinajstić information content (AvgIpc) is 3.07. The summed E-state index contributed by atoms with van der Waals surface area (Å²) in [7, 11) is 0. The van der Waals surface area contributed by atoms with E-state index < -0.39 is 23.4 Å². The van der Waals surface area contributed by atoms with E-state index in [-0.39, 0.29) is 0 Å². The first-order valence-electron chi connectivity index (χ1n) is 7.82. The largest absolute Gasteiger partial charge is 0.492 e. The molecule has 0 aliphatic carbocycles. The number of benzene rings is 1. The molecule has 2 aromatic rings. The second kappa shape index (κ2) is 6.75. The molecule has 2 heterocycles. The Kier molecular flexibility index (Phi) is 4.64. The molecule has 3 rings (SSSR count). The summed E-state index contributed by atoms with van der Waals surface area (Å²) in [4.78, 5) is 3.79. The van der Waals surface area contributed by atoms with Crippen molar-refractivity contribution in [2.75, 3.05) is 6.61 Å². The fraction of sp³-hybridized carbons (Fsp3) is 0.235. The zero-order chi connectivity index (χ0) is 18.8. The molecule has 0 fully saturated rings. The molecular weight excluding hydrogens is 347 g/mol. The third-order valence-electron chi connectivity index (χ3n) is 3.89. The van der Waals surface area contributed by atoms with Crippen molar-refractivity contribution in [2.45, 2.75) is 18.5 Å². The van der Waals surface area contributed by atoms with Gasteiger partial charge in [0, 0.05) is 24.2 Å². The minimum atomic E-state index is -4.60. The normalized spacial score (nSPS) is 20.2. The molecule has 1 unspecified atom stereocenters. The van der Waals surface area contributed by atoms with Crippen LogP contribution in [0.5, 0.6) is 5.75 Å². The highest BCUT2D eigenvalue weighted by molar-refractivity contribution is 5.99. The highest BCUT2D eigenvalue weighted by Crippen LogP contribution is 2.30. The number of aliphatic imine (C=N–C) groups is 1. The van der Waals surface area contributed by atoms with Crippen LogP contribution < -0.4 is 21.5 Å². The van der Waals surface area contributed by atoms with Crippen LogP contribution in [0.4, 0.5) is 13.2 Å². The van der Waals surface area contributed by atoms with Crippen LogP contribution >= 0.6 is 0 Å². The summed E-state index contributed by atoms with van der Waals surface area (Å²) >= 11 is 0. The van der Waals surface area contributed by atoms with Gasteiger partial charge in [-0.05, 0) is 36.4 Å². The van der Waals surface area contributed by atoms with Crippen molar-refractivity contribution < 1.29 is 17.9 Å². The molecule has 0 amide bonds. The number of nitrogens with zero attached hydrogens (tertiary/aromatic N) is 2. The van der Waals surface area contributed by atoms with Crippen molar-refractivity contribution in [2.24, 2.45) is 16.5 Å². The molecule has 0 radical (unpaired) electrons. The van der Waals surface area contributed by atoms with Gasteiger partial charge in [-0.25, -0.2) is 4.99 Å². The van der Waals surface area contributed by atoms with Crippen LogP contribution in [-0.4, -0.2) is 23.2 Å². The van der Waals surface area contributed by atoms with E-state index in [1.54, 1.807) is 24.3 Å². The van der Waals surface area contributed by atoms with Crippen LogP contribution in [-0.2, 0) is 12.3 Å². The topological polar surface area (TPSA) is 90.6 Å². The predicted octanol–water partition coefficient (Wildman–Crippen LogP) is 2.04. The van der Waals surface area contributed by atoms with Crippen molar-refractivity contribution in [3.05, 3.63) is 66.1 Å². The first-order chi connectivity index (χ1) is 12.3. The maximum absolute atomic E-state index is 12.8. The van der Waals surface area contributed by atoms with Gasteiger partial charge in [-0.2, -0.15) is 13.2 Å². The SMILES string of the molecule is NC1=NC(N)(c2ccc(OCCn3cccc3)cc2)NC=C1C(F)(F)F. The molecule has 138 valence electrons. The van der Waals surface area contributed by atoms with Crippen LogP contribution in [0.1, 0.15) is 5.56 Å². The molecule has 1 aromatic heterocycles. The van der Waals surface area contributed by atoms with Gasteiger partial charge in [0.15, 0.2) is 0 Å². The van der Waals surface area contributed by atoms with E-state index in [9.17, 15) is 13.2 Å². The quantitative estimate of drug-likeness (QED) is 0.756. The number of hydrogen-bond donors (Lipinski definition) is 3. The zero-order valence-electron chi connectivity index (χ0n) is 13.7. The smallest absolute Gasteiger partial charge is 0.421 e. The summed E-state index contributed by atoms with van der Waals surface area (Å²) in [5.74, 6) is -1.61. The number of hydrogen-bond acceptors (Lipinski definition) is 5. The van der Waals surface area contributed by atoms with Crippen LogP contribution in [0.25, 0.3) is 0 Å². The Morgan fingerprint density at radius 3 is 2.38 bits per heavy atom. The van der Waals surface area contributed by atoms with Gasteiger partial charge in [0.1, 0.15) is 23.8 Å². The summed E-state index contributed by atoms with van der Waals surface area (Å²) in [6, 6.07) is 10.5. The van der Waals surface area contributed by atoms with Crippen LogP contribution in [0.3, 0.4) is 0 Å². The summed E-state index contributed by atoms with van der Waals surface area (Å²) < 4.78 is 46.0. The first-order valence-corrected chi connectivity index (χ1v) is 7.82. The first kappa shape index (κ1) is 17.9. The van der Waals surface area contributed by atoms with Crippen molar-refractivity contribution >= 4 is 5.84 Å². The van der Waals surface area contributed by atoms with Gasteiger partial charge in [-0.15, -0.1) is 0 Å². The molecule has 1 aliphatic heterocycles. The standard InChI is InChI=1S/C17H18F3N5O/c18-16(19,20)14-11-23-17(22,24-15(14)21)12-3-5-13(6-4-12)26-10-9-25-7-1-2-8-25/h1-8,11,23H,9-10,22H2,(H2,21,24). The minimum absolute atomic E-state index is 0.454. The lowest BCUT2D eigenvalue weighted by Gasteiger charge is -2.31. The third-order valence-corrected chi connectivity index (χ3v) is 3.89. The average molecular weight is 365 g/mol. The fourth-order valence-electron chi connectivity index (χ4n) is 2.51. The molecule has 1 aliphatic rings. The second-order valence-electron chi connectivity index (χ2n) is 5.76. The Hall–Kier alpha value is -2.94. The molecule has 6 nitrogen and oxygen atoms in total. The van der Waals surface area contributed by atoms with E-state index in [2.05, 4.69) is 10.3 Å². The Morgan fingerprint density at radius 2 is 1.81 bits per heavy atom. The fourth-order valence-corrected chi connectivity index (χ4v) is 2.51. The van der Waals surface area contributed by atoms with Crippen molar-refractivity contribution in [3.63, 3.8) is 0 Å². The van der Waals surface area contributed by atoms with Gasteiger partial charge in [-0.3, -0.25) is 5.73 Å². The van der Waals surface area contributed by atoms with E-state index in [0.717, 1.165) is 6.20 Å². The number of ether oxygens (including phenoxy) is 1. The van der Waals surface area contributed by atoms with E-state index in [4.69, 9.17) is 16.2 Å². The van der Waals surface area contributed by atoms with Gasteiger partial charge < -0.3 is 20.4 Å². The molecule has 0 saturated carbocycles. The molecule has 1 atom stereocenters. The highest BCUT2D eigenvalue weighted by Gasteiger charge is 2.41. The molecule has 0 bridgehead atoms. The summed E-state index contributed by atoms with van der Waals surface area (Å²) in [5.41, 5.74) is 10.9. The van der Waals surface area contributed by atoms with Gasteiger partial charge in [0.2, 0.25) is 5.79 Å². The molecule has 5 N–H and O–H groups in total. The van der Waals surface area contributed by atoms with Gasteiger partial charge in [-0.1, -0.05) is 0 Å². The lowest BCUT2D eigenvalue weighted by molar-refractivity contribution is -0.0870. The van der Waals surface area contributed by atoms with E-state index in [0.29, 0.717) is 24.5 Å². The lowest BCUT2D eigenvalue weighted by Crippen LogP contribution is -2.51. The molecule has 26 heavy (non-hydrogen) atoms. The van der Waals surface area contributed by atoms with Crippen LogP contribution in [0.2, 0.25) is 0 Å². The monoisotopic (exact) mass is 365 g/mol. The Balaban J connectivity index is 1.66. The van der Waals surface area contributed by atoms with E-state index in [1.807, 2.05) is 29.1 Å². The van der Waals surface area contributed by atoms with Crippen LogP contribution in [0.15, 0.2) is 65.6 Å². The Bertz CT molecular complexity index is 812. The lowest BCUT2D eigenvalue weighted by atomic mass is 10.1. The summed E-state index contributed by atoms with van der Waals surface area (Å²) in [6.07, 6.45) is 0.0121. The Morgan fingerprint density at radius 1 is 1.15 bits per heavy atom. The number of halogens is 3. The molecule has 0 spiro atoms. The molecule has 0 saturated heterocycles. The van der Waals surface area contributed by atoms with Crippen LogP contribution in [0, 0.1) is 0 Å². The maximum atomic E-state index is 12.8. The number of amidine groups is 1. The number of alkyl halides is 3. The number of nitrogens with two attached hydrogens (primary N) is 2. The third kappa shape index (κ3) is 3.83. The summed E-state index contributed by atoms with van der Waals surface area (Å²) in [6.45, 7) is 1.17. The van der Waals surface area contributed by atoms with Gasteiger partial charge >= 0.3 is 6.18 Å². The van der Waals surface area contributed by atoms with Crippen molar-refractivity contribution in [1.82, 2.24) is 9.88 Å². The number of rotatable bonds is 5. The predicted molar refractivity (Wildman–Crippen MR) is 91.1 cm³/mol. The minimum Gasteiger partial charge on any atom is -0.492 e. The maximum Gasteiger partial charge on any atom is 0.421 e. The second-order valence-corrected chi connectivity index (χ2v) is 5.76. The number of nitrogens with one attached hydrogen (secondary N) is 1.